The molecule has 2 aromatic rings. The minimum Gasteiger partial charge on any atom is -0.379 e. The van der Waals surface area contributed by atoms with E-state index < -0.39 is 0 Å². The Labute approximate surface area is 111 Å². The van der Waals surface area contributed by atoms with Crippen molar-refractivity contribution < 1.29 is 4.39 Å². The molecule has 94 valence electrons. The highest BCUT2D eigenvalue weighted by Crippen LogP contribution is 2.18. The van der Waals surface area contributed by atoms with Crippen LogP contribution < -0.4 is 5.32 Å². The van der Waals surface area contributed by atoms with E-state index >= 15 is 0 Å². The lowest BCUT2D eigenvalue weighted by Crippen LogP contribution is -2.04. The maximum absolute atomic E-state index is 13.6. The molecule has 0 fully saturated rings. The predicted molar refractivity (Wildman–Crippen MR) is 72.4 cm³/mol. The van der Waals surface area contributed by atoms with Crippen molar-refractivity contribution in [2.24, 2.45) is 0 Å². The molecule has 2 nitrogen and oxygen atoms in total. The van der Waals surface area contributed by atoms with E-state index in [4.69, 9.17) is 11.6 Å². The number of pyridine rings is 1. The second kappa shape index (κ2) is 5.36. The quantitative estimate of drug-likeness (QED) is 0.844. The molecule has 0 aliphatic carbocycles. The largest absolute Gasteiger partial charge is 0.379 e. The van der Waals surface area contributed by atoms with Gasteiger partial charge < -0.3 is 5.32 Å². The van der Waals surface area contributed by atoms with Crippen LogP contribution in [0.5, 0.6) is 0 Å². The smallest absolute Gasteiger partial charge is 0.129 e. The minimum atomic E-state index is -0.201. The van der Waals surface area contributed by atoms with Crippen LogP contribution in [0.15, 0.2) is 30.3 Å². The Kier molecular flexibility index (Phi) is 3.82. The van der Waals surface area contributed by atoms with Gasteiger partial charge >= 0.3 is 0 Å². The first-order valence-electron chi connectivity index (χ1n) is 5.68. The normalized spacial score (nSPS) is 10.4. The summed E-state index contributed by atoms with van der Waals surface area (Å²) in [4.78, 5) is 4.14. The van der Waals surface area contributed by atoms with E-state index in [1.54, 1.807) is 12.1 Å². The number of hydrogen-bond donors (Lipinski definition) is 1. The molecule has 0 atom stereocenters. The number of nitrogens with one attached hydrogen (secondary N) is 1. The van der Waals surface area contributed by atoms with E-state index in [-0.39, 0.29) is 5.82 Å². The maximum Gasteiger partial charge on any atom is 0.129 e. The third-order valence-corrected chi connectivity index (χ3v) is 2.93. The monoisotopic (exact) mass is 264 g/mol. The SMILES string of the molecule is Cc1ccc(F)c(CNc2ccc(Cl)nc2C)c1. The lowest BCUT2D eigenvalue weighted by Gasteiger charge is -2.10. The van der Waals surface area contributed by atoms with Crippen LogP contribution in [0.4, 0.5) is 10.1 Å². The topological polar surface area (TPSA) is 24.9 Å². The van der Waals surface area contributed by atoms with Crippen molar-refractivity contribution in [1.82, 2.24) is 4.98 Å². The fourth-order valence-electron chi connectivity index (χ4n) is 1.75. The van der Waals surface area contributed by atoms with Crippen LogP contribution in [-0.4, -0.2) is 4.98 Å². The molecule has 0 aliphatic heterocycles. The number of anilines is 1. The number of benzene rings is 1. The Balaban J connectivity index is 2.13. The summed E-state index contributed by atoms with van der Waals surface area (Å²) in [6, 6.07) is 8.64. The summed E-state index contributed by atoms with van der Waals surface area (Å²) >= 11 is 5.78. The minimum absolute atomic E-state index is 0.201. The van der Waals surface area contributed by atoms with Crippen molar-refractivity contribution in [1.29, 1.82) is 0 Å². The molecule has 4 heteroatoms. The number of halogens is 2. The van der Waals surface area contributed by atoms with E-state index in [0.717, 1.165) is 16.9 Å². The summed E-state index contributed by atoms with van der Waals surface area (Å²) < 4.78 is 13.6. The third-order valence-electron chi connectivity index (χ3n) is 2.72. The van der Waals surface area contributed by atoms with Crippen molar-refractivity contribution in [2.45, 2.75) is 20.4 Å². The summed E-state index contributed by atoms with van der Waals surface area (Å²) in [6.45, 7) is 4.23. The van der Waals surface area contributed by atoms with Crippen LogP contribution in [0, 0.1) is 19.7 Å². The first kappa shape index (κ1) is 12.8. The number of aryl methyl sites for hydroxylation is 2. The van der Waals surface area contributed by atoms with E-state index in [0.29, 0.717) is 17.3 Å². The molecule has 2 rings (SSSR count). The van der Waals surface area contributed by atoms with Crippen LogP contribution in [0.2, 0.25) is 5.15 Å². The average Bonchev–Trinajstić information content (AvgIpc) is 2.32. The highest BCUT2D eigenvalue weighted by atomic mass is 35.5. The van der Waals surface area contributed by atoms with Gasteiger partial charge in [0.15, 0.2) is 0 Å². The van der Waals surface area contributed by atoms with Gasteiger partial charge in [0.25, 0.3) is 0 Å². The Morgan fingerprint density at radius 3 is 2.72 bits per heavy atom. The lowest BCUT2D eigenvalue weighted by atomic mass is 10.1. The molecule has 1 aromatic heterocycles. The number of hydrogen-bond acceptors (Lipinski definition) is 2. The van der Waals surface area contributed by atoms with Gasteiger partial charge in [-0.25, -0.2) is 9.37 Å². The van der Waals surface area contributed by atoms with Crippen molar-refractivity contribution >= 4 is 17.3 Å². The molecule has 0 saturated carbocycles. The van der Waals surface area contributed by atoms with E-state index in [1.807, 2.05) is 26.0 Å². The lowest BCUT2D eigenvalue weighted by molar-refractivity contribution is 0.612. The van der Waals surface area contributed by atoms with Crippen LogP contribution in [0.25, 0.3) is 0 Å². The fourth-order valence-corrected chi connectivity index (χ4v) is 1.94. The number of nitrogens with zero attached hydrogens (tertiary/aromatic N) is 1. The Hall–Kier alpha value is -1.61. The molecule has 0 bridgehead atoms. The Bertz CT molecular complexity index is 570. The molecule has 0 amide bonds. The fraction of sp³-hybridized carbons (Fsp3) is 0.214. The molecule has 1 aromatic carbocycles. The molecule has 0 spiro atoms. The number of aromatic nitrogens is 1. The molecular formula is C14H14ClFN2. The molecule has 1 heterocycles. The molecule has 18 heavy (non-hydrogen) atoms. The van der Waals surface area contributed by atoms with Crippen LogP contribution in [0.3, 0.4) is 0 Å². The van der Waals surface area contributed by atoms with E-state index in [9.17, 15) is 4.39 Å². The zero-order valence-corrected chi connectivity index (χ0v) is 11.1. The van der Waals surface area contributed by atoms with Crippen LogP contribution in [0.1, 0.15) is 16.8 Å². The summed E-state index contributed by atoms with van der Waals surface area (Å²) in [5.74, 6) is -0.201. The first-order valence-corrected chi connectivity index (χ1v) is 6.06. The van der Waals surface area contributed by atoms with Gasteiger partial charge in [-0.15, -0.1) is 0 Å². The summed E-state index contributed by atoms with van der Waals surface area (Å²) in [5, 5.41) is 3.62. The average molecular weight is 265 g/mol. The number of rotatable bonds is 3. The molecule has 0 aliphatic rings. The molecule has 0 saturated heterocycles. The van der Waals surface area contributed by atoms with Gasteiger partial charge in [-0.05, 0) is 32.0 Å². The first-order chi connectivity index (χ1) is 8.56. The Morgan fingerprint density at radius 1 is 1.22 bits per heavy atom. The standard InChI is InChI=1S/C14H14ClFN2/c1-9-3-4-12(16)11(7-9)8-17-13-5-6-14(15)18-10(13)2/h3-7,17H,8H2,1-2H3. The zero-order valence-electron chi connectivity index (χ0n) is 10.3. The zero-order chi connectivity index (χ0) is 13.1. The van der Waals surface area contributed by atoms with Crippen molar-refractivity contribution in [3.05, 3.63) is 58.1 Å². The predicted octanol–water partition coefficient (Wildman–Crippen LogP) is 4.10. The van der Waals surface area contributed by atoms with Crippen LogP contribution in [-0.2, 0) is 6.54 Å². The van der Waals surface area contributed by atoms with E-state index in [1.165, 1.54) is 6.07 Å². The van der Waals surface area contributed by atoms with Gasteiger partial charge in [-0.3, -0.25) is 0 Å². The van der Waals surface area contributed by atoms with Crippen molar-refractivity contribution in [3.8, 4) is 0 Å². The molecule has 1 N–H and O–H groups in total. The summed E-state index contributed by atoms with van der Waals surface area (Å²) in [7, 11) is 0. The molecule has 0 unspecified atom stereocenters. The van der Waals surface area contributed by atoms with Crippen molar-refractivity contribution in [2.75, 3.05) is 5.32 Å². The highest BCUT2D eigenvalue weighted by Gasteiger charge is 2.04. The summed E-state index contributed by atoms with van der Waals surface area (Å²) in [5.41, 5.74) is 3.35. The van der Waals surface area contributed by atoms with Gasteiger partial charge in [-0.2, -0.15) is 0 Å². The van der Waals surface area contributed by atoms with Gasteiger partial charge in [0.1, 0.15) is 11.0 Å². The van der Waals surface area contributed by atoms with Gasteiger partial charge in [-0.1, -0.05) is 29.3 Å². The Morgan fingerprint density at radius 2 is 2.00 bits per heavy atom. The maximum atomic E-state index is 13.6. The summed E-state index contributed by atoms with van der Waals surface area (Å²) in [6.07, 6.45) is 0. The van der Waals surface area contributed by atoms with Crippen LogP contribution >= 0.6 is 11.6 Å². The van der Waals surface area contributed by atoms with Gasteiger partial charge in [0.05, 0.1) is 11.4 Å². The second-order valence-electron chi connectivity index (χ2n) is 4.22. The third kappa shape index (κ3) is 2.99. The molecule has 0 radical (unpaired) electrons. The van der Waals surface area contributed by atoms with E-state index in [2.05, 4.69) is 10.3 Å². The van der Waals surface area contributed by atoms with Gasteiger partial charge in [0.2, 0.25) is 0 Å². The van der Waals surface area contributed by atoms with Crippen molar-refractivity contribution in [3.63, 3.8) is 0 Å². The molecular weight excluding hydrogens is 251 g/mol. The van der Waals surface area contributed by atoms with Gasteiger partial charge in [0, 0.05) is 12.1 Å². The highest BCUT2D eigenvalue weighted by molar-refractivity contribution is 6.29. The second-order valence-corrected chi connectivity index (χ2v) is 4.60.